The van der Waals surface area contributed by atoms with Gasteiger partial charge in [-0.15, -0.1) is 0 Å². The summed E-state index contributed by atoms with van der Waals surface area (Å²) in [5, 5.41) is 22.2. The van der Waals surface area contributed by atoms with Gasteiger partial charge < -0.3 is 14.9 Å². The Kier molecular flexibility index (Phi) is 2.85. The van der Waals surface area contributed by atoms with Crippen LogP contribution in [-0.2, 0) is 9.53 Å². The predicted molar refractivity (Wildman–Crippen MR) is 102 cm³/mol. The Labute approximate surface area is 167 Å². The van der Waals surface area contributed by atoms with Crippen LogP contribution in [0.25, 0.3) is 0 Å². The van der Waals surface area contributed by atoms with Crippen LogP contribution in [0, 0.1) is 52.3 Å². The van der Waals surface area contributed by atoms with Gasteiger partial charge in [0.15, 0.2) is 0 Å². The van der Waals surface area contributed by atoms with Gasteiger partial charge in [0, 0.05) is 24.2 Å². The van der Waals surface area contributed by atoms with Crippen molar-refractivity contribution in [2.75, 3.05) is 0 Å². The van der Waals surface area contributed by atoms with Crippen molar-refractivity contribution in [3.63, 3.8) is 0 Å². The van der Waals surface area contributed by atoms with E-state index < -0.39 is 5.60 Å². The van der Waals surface area contributed by atoms with E-state index in [1.54, 1.807) is 0 Å². The van der Waals surface area contributed by atoms with Crippen molar-refractivity contribution in [1.29, 1.82) is 0 Å². The average molecular weight is 387 g/mol. The number of carbonyl (C=O) groups excluding carboxylic acids is 1. The first-order valence-corrected chi connectivity index (χ1v) is 11.9. The van der Waals surface area contributed by atoms with E-state index in [9.17, 15) is 15.0 Å². The van der Waals surface area contributed by atoms with Crippen molar-refractivity contribution < 1.29 is 19.7 Å². The molecule has 0 radical (unpaired) electrons. The van der Waals surface area contributed by atoms with E-state index >= 15 is 0 Å². The Bertz CT molecular complexity index is 781. The average Bonchev–Trinajstić information content (AvgIpc) is 3.54. The zero-order valence-corrected chi connectivity index (χ0v) is 17.2. The summed E-state index contributed by atoms with van der Waals surface area (Å²) in [6, 6.07) is 0. The van der Waals surface area contributed by atoms with Crippen LogP contribution >= 0.6 is 0 Å². The SMILES string of the molecule is C[C@]12CC[C@@H]3[C@@H]([C@H]4C[C@H]4[C@]4(O)C[C@@H](O)CC[C@]34C)[C@H]1[C@@H]1C[C@@H]1[C@@]21CCC(=O)O1. The zero-order chi connectivity index (χ0) is 19.3. The fourth-order valence-electron chi connectivity index (χ4n) is 10.5. The van der Waals surface area contributed by atoms with Gasteiger partial charge in [-0.1, -0.05) is 13.8 Å². The van der Waals surface area contributed by atoms with E-state index in [1.165, 1.54) is 6.42 Å². The van der Waals surface area contributed by atoms with Gasteiger partial charge in [-0.2, -0.15) is 0 Å². The smallest absolute Gasteiger partial charge is 0.306 e. The van der Waals surface area contributed by atoms with Crippen molar-refractivity contribution in [2.24, 2.45) is 52.3 Å². The van der Waals surface area contributed by atoms with Crippen molar-refractivity contribution in [3.05, 3.63) is 0 Å². The van der Waals surface area contributed by atoms with Crippen LogP contribution in [0.2, 0.25) is 0 Å². The highest BCUT2D eigenvalue weighted by Crippen LogP contribution is 2.83. The molecular formula is C24H34O4. The minimum absolute atomic E-state index is 0.0326. The van der Waals surface area contributed by atoms with Crippen molar-refractivity contribution in [2.45, 2.75) is 88.9 Å². The second-order valence-corrected chi connectivity index (χ2v) is 12.3. The van der Waals surface area contributed by atoms with Crippen LogP contribution in [0.4, 0.5) is 0 Å². The topological polar surface area (TPSA) is 66.8 Å². The van der Waals surface area contributed by atoms with E-state index in [-0.39, 0.29) is 28.5 Å². The number of hydrogen-bond donors (Lipinski definition) is 2. The van der Waals surface area contributed by atoms with Crippen molar-refractivity contribution in [1.82, 2.24) is 0 Å². The Morgan fingerprint density at radius 2 is 1.71 bits per heavy atom. The molecule has 6 saturated carbocycles. The molecule has 0 aromatic heterocycles. The largest absolute Gasteiger partial charge is 0.458 e. The monoisotopic (exact) mass is 386 g/mol. The maximum absolute atomic E-state index is 12.2. The van der Waals surface area contributed by atoms with Gasteiger partial charge in [-0.25, -0.2) is 0 Å². The number of hydrogen-bond acceptors (Lipinski definition) is 4. The third kappa shape index (κ3) is 1.59. The molecule has 2 N–H and O–H groups in total. The molecule has 0 unspecified atom stereocenters. The summed E-state index contributed by atoms with van der Waals surface area (Å²) in [6.45, 7) is 4.82. The Morgan fingerprint density at radius 3 is 2.46 bits per heavy atom. The number of aliphatic hydroxyl groups is 2. The lowest BCUT2D eigenvalue weighted by Gasteiger charge is -2.64. The molecule has 1 heterocycles. The molecule has 154 valence electrons. The third-order valence-electron chi connectivity index (χ3n) is 11.8. The highest BCUT2D eigenvalue weighted by molar-refractivity contribution is 5.73. The minimum Gasteiger partial charge on any atom is -0.458 e. The molecule has 4 heteroatoms. The van der Waals surface area contributed by atoms with Crippen LogP contribution in [0.3, 0.4) is 0 Å². The summed E-state index contributed by atoms with van der Waals surface area (Å²) in [5.74, 6) is 4.33. The number of fused-ring (bicyclic) bond motifs is 12. The number of aliphatic hydroxyl groups excluding tert-OH is 1. The first-order chi connectivity index (χ1) is 13.3. The van der Waals surface area contributed by atoms with Crippen LogP contribution < -0.4 is 0 Å². The lowest BCUT2D eigenvalue weighted by Crippen LogP contribution is -2.65. The quantitative estimate of drug-likeness (QED) is 0.627. The molecule has 28 heavy (non-hydrogen) atoms. The number of rotatable bonds is 0. The van der Waals surface area contributed by atoms with E-state index in [4.69, 9.17) is 4.74 Å². The lowest BCUT2D eigenvalue weighted by atomic mass is 9.42. The summed E-state index contributed by atoms with van der Waals surface area (Å²) in [4.78, 5) is 12.2. The van der Waals surface area contributed by atoms with Gasteiger partial charge in [-0.3, -0.25) is 4.79 Å². The van der Waals surface area contributed by atoms with Crippen molar-refractivity contribution in [3.8, 4) is 0 Å². The maximum atomic E-state index is 12.2. The molecule has 4 nitrogen and oxygen atoms in total. The zero-order valence-electron chi connectivity index (χ0n) is 17.2. The van der Waals surface area contributed by atoms with Gasteiger partial charge in [-0.05, 0) is 85.9 Å². The van der Waals surface area contributed by atoms with Crippen LogP contribution in [-0.4, -0.2) is 33.5 Å². The molecule has 6 aliphatic carbocycles. The van der Waals surface area contributed by atoms with Gasteiger partial charge >= 0.3 is 5.97 Å². The summed E-state index contributed by atoms with van der Waals surface area (Å²) in [6.07, 6.45) is 8.33. The van der Waals surface area contributed by atoms with Gasteiger partial charge in [0.25, 0.3) is 0 Å². The fraction of sp³-hybridized carbons (Fsp3) is 0.958. The molecule has 0 bridgehead atoms. The molecular weight excluding hydrogens is 352 g/mol. The second kappa shape index (κ2) is 4.66. The molecule has 7 aliphatic rings. The molecule has 7 fully saturated rings. The lowest BCUT2D eigenvalue weighted by molar-refractivity contribution is -0.237. The predicted octanol–water partition coefficient (Wildman–Crippen LogP) is 3.29. The number of esters is 1. The maximum Gasteiger partial charge on any atom is 0.306 e. The summed E-state index contributed by atoms with van der Waals surface area (Å²) < 4.78 is 6.21. The molecule has 7 rings (SSSR count). The third-order valence-corrected chi connectivity index (χ3v) is 11.8. The van der Waals surface area contributed by atoms with E-state index in [0.717, 1.165) is 44.4 Å². The molecule has 0 aromatic carbocycles. The molecule has 0 amide bonds. The number of carbonyl (C=O) groups is 1. The standard InChI is InChI=1S/C24H34O4/c1-21-6-3-12(25)11-23(21,27)16-9-13(16)19-15(21)4-7-22(2)20(19)14-10-17(14)24(22)8-5-18(26)28-24/h12-17,19-20,25,27H,3-11H2,1-2H3/t12-,13-,14+,15+,16+,17-,19+,20+,21+,22-,23+,24-/m0/s1. The summed E-state index contributed by atoms with van der Waals surface area (Å²) >= 11 is 0. The van der Waals surface area contributed by atoms with Gasteiger partial charge in [0.05, 0.1) is 11.7 Å². The van der Waals surface area contributed by atoms with E-state index in [2.05, 4.69) is 13.8 Å². The molecule has 1 saturated heterocycles. The first kappa shape index (κ1) is 17.1. The second-order valence-electron chi connectivity index (χ2n) is 12.3. The fourth-order valence-corrected chi connectivity index (χ4v) is 10.5. The van der Waals surface area contributed by atoms with Crippen LogP contribution in [0.15, 0.2) is 0 Å². The van der Waals surface area contributed by atoms with Crippen LogP contribution in [0.1, 0.15) is 71.6 Å². The van der Waals surface area contributed by atoms with Gasteiger partial charge in [0.1, 0.15) is 5.60 Å². The molecule has 1 spiro atoms. The number of ether oxygens (including phenoxy) is 1. The van der Waals surface area contributed by atoms with Gasteiger partial charge in [0.2, 0.25) is 0 Å². The first-order valence-electron chi connectivity index (χ1n) is 11.9. The molecule has 12 atom stereocenters. The molecule has 1 aliphatic heterocycles. The summed E-state index contributed by atoms with van der Waals surface area (Å²) in [5.41, 5.74) is -0.751. The van der Waals surface area contributed by atoms with E-state index in [0.29, 0.717) is 48.3 Å². The highest BCUT2D eigenvalue weighted by Gasteiger charge is 2.82. The normalized spacial score (nSPS) is 68.4. The van der Waals surface area contributed by atoms with Crippen LogP contribution in [0.5, 0.6) is 0 Å². The molecule has 0 aromatic rings. The highest BCUT2D eigenvalue weighted by atomic mass is 16.6. The Morgan fingerprint density at radius 1 is 0.964 bits per heavy atom. The Balaban J connectivity index is 1.32. The minimum atomic E-state index is -0.663. The van der Waals surface area contributed by atoms with Crippen molar-refractivity contribution >= 4 is 5.97 Å². The Hall–Kier alpha value is -0.610. The van der Waals surface area contributed by atoms with E-state index in [1.807, 2.05) is 0 Å². The summed E-state index contributed by atoms with van der Waals surface area (Å²) in [7, 11) is 0.